The number of rotatable bonds is 6. The molecule has 0 saturated carbocycles. The summed E-state index contributed by atoms with van der Waals surface area (Å²) in [5.74, 6) is 0.139. The molecule has 0 aliphatic carbocycles. The summed E-state index contributed by atoms with van der Waals surface area (Å²) in [6.45, 7) is 8.76. The zero-order valence-corrected chi connectivity index (χ0v) is 15.4. The van der Waals surface area contributed by atoms with Gasteiger partial charge >= 0.3 is 0 Å². The fraction of sp³-hybridized carbons (Fsp3) is 0.650. The molecule has 1 N–H and O–H groups in total. The molecule has 0 spiro atoms. The fourth-order valence-electron chi connectivity index (χ4n) is 3.98. The number of carbonyl (C=O) groups excluding carboxylic acids is 1. The van der Waals surface area contributed by atoms with Crippen LogP contribution in [-0.4, -0.2) is 77.6 Å². The SMILES string of the molecule is CCC(CO)N1CCN(C(=O)c2cccc(CN3CCCC3)c2)CC1. The summed E-state index contributed by atoms with van der Waals surface area (Å²) in [4.78, 5) is 19.6. The van der Waals surface area contributed by atoms with E-state index in [0.29, 0.717) is 0 Å². The van der Waals surface area contributed by atoms with Crippen molar-refractivity contribution >= 4 is 5.91 Å². The molecule has 2 fully saturated rings. The van der Waals surface area contributed by atoms with E-state index in [0.717, 1.165) is 44.7 Å². The molecule has 5 nitrogen and oxygen atoms in total. The molecule has 2 heterocycles. The van der Waals surface area contributed by atoms with E-state index in [-0.39, 0.29) is 18.6 Å². The van der Waals surface area contributed by atoms with Gasteiger partial charge in [-0.15, -0.1) is 0 Å². The van der Waals surface area contributed by atoms with Crippen molar-refractivity contribution < 1.29 is 9.90 Å². The summed E-state index contributed by atoms with van der Waals surface area (Å²) in [5, 5.41) is 9.45. The molecule has 1 amide bonds. The van der Waals surface area contributed by atoms with Crippen molar-refractivity contribution in [2.75, 3.05) is 45.9 Å². The lowest BCUT2D eigenvalue weighted by molar-refractivity contribution is 0.0472. The van der Waals surface area contributed by atoms with Crippen LogP contribution in [0.1, 0.15) is 42.1 Å². The van der Waals surface area contributed by atoms with Gasteiger partial charge in [0, 0.05) is 44.3 Å². The first-order chi connectivity index (χ1) is 12.2. The van der Waals surface area contributed by atoms with Gasteiger partial charge in [-0.1, -0.05) is 19.1 Å². The number of nitrogens with zero attached hydrogens (tertiary/aromatic N) is 3. The van der Waals surface area contributed by atoms with Gasteiger partial charge in [-0.3, -0.25) is 14.6 Å². The Labute approximate surface area is 151 Å². The summed E-state index contributed by atoms with van der Waals surface area (Å²) in [6.07, 6.45) is 3.52. The number of likely N-dealkylation sites (tertiary alicyclic amines) is 1. The highest BCUT2D eigenvalue weighted by atomic mass is 16.3. The first-order valence-corrected chi connectivity index (χ1v) is 9.66. The Morgan fingerprint density at radius 1 is 1.12 bits per heavy atom. The minimum Gasteiger partial charge on any atom is -0.395 e. The van der Waals surface area contributed by atoms with Crippen molar-refractivity contribution in [3.8, 4) is 0 Å². The first-order valence-electron chi connectivity index (χ1n) is 9.66. The van der Waals surface area contributed by atoms with Gasteiger partial charge < -0.3 is 10.0 Å². The van der Waals surface area contributed by atoms with Crippen molar-refractivity contribution in [3.63, 3.8) is 0 Å². The number of hydrogen-bond acceptors (Lipinski definition) is 4. The number of aliphatic hydroxyl groups excluding tert-OH is 1. The Bertz CT molecular complexity index is 560. The average Bonchev–Trinajstić information content (AvgIpc) is 3.16. The lowest BCUT2D eigenvalue weighted by atomic mass is 10.1. The van der Waals surface area contributed by atoms with E-state index in [4.69, 9.17) is 0 Å². The molecule has 0 bridgehead atoms. The monoisotopic (exact) mass is 345 g/mol. The lowest BCUT2D eigenvalue weighted by Gasteiger charge is -2.38. The van der Waals surface area contributed by atoms with Gasteiger partial charge in [0.1, 0.15) is 0 Å². The molecule has 1 aromatic rings. The maximum Gasteiger partial charge on any atom is 0.253 e. The van der Waals surface area contributed by atoms with E-state index >= 15 is 0 Å². The standard InChI is InChI=1S/C20H31N3O2/c1-2-19(16-24)22-10-12-23(13-11-22)20(25)18-7-5-6-17(14-18)15-21-8-3-4-9-21/h5-7,14,19,24H,2-4,8-13,15-16H2,1H3. The van der Waals surface area contributed by atoms with Crippen molar-refractivity contribution in [2.24, 2.45) is 0 Å². The Hall–Kier alpha value is -1.43. The third-order valence-corrected chi connectivity index (χ3v) is 5.58. The smallest absolute Gasteiger partial charge is 0.253 e. The number of carbonyl (C=O) groups is 1. The van der Waals surface area contributed by atoms with Crippen LogP contribution in [0.5, 0.6) is 0 Å². The van der Waals surface area contributed by atoms with Gasteiger partial charge in [-0.05, 0) is 50.0 Å². The molecular formula is C20H31N3O2. The number of hydrogen-bond donors (Lipinski definition) is 1. The minimum absolute atomic E-state index is 0.139. The highest BCUT2D eigenvalue weighted by Gasteiger charge is 2.25. The van der Waals surface area contributed by atoms with Crippen LogP contribution in [0.4, 0.5) is 0 Å². The average molecular weight is 345 g/mol. The van der Waals surface area contributed by atoms with Crippen LogP contribution in [0.2, 0.25) is 0 Å². The zero-order valence-electron chi connectivity index (χ0n) is 15.4. The summed E-state index contributed by atoms with van der Waals surface area (Å²) in [7, 11) is 0. The van der Waals surface area contributed by atoms with Gasteiger partial charge in [0.05, 0.1) is 6.61 Å². The quantitative estimate of drug-likeness (QED) is 0.854. The topological polar surface area (TPSA) is 47.0 Å². The molecule has 2 saturated heterocycles. The molecule has 138 valence electrons. The van der Waals surface area contributed by atoms with Gasteiger partial charge in [-0.2, -0.15) is 0 Å². The van der Waals surface area contributed by atoms with E-state index in [9.17, 15) is 9.90 Å². The highest BCUT2D eigenvalue weighted by molar-refractivity contribution is 5.94. The van der Waals surface area contributed by atoms with Gasteiger partial charge in [0.2, 0.25) is 0 Å². The Balaban J connectivity index is 1.58. The molecular weight excluding hydrogens is 314 g/mol. The molecule has 3 rings (SSSR count). The number of aliphatic hydroxyl groups is 1. The molecule has 2 aliphatic rings. The van der Waals surface area contributed by atoms with Crippen LogP contribution in [0.15, 0.2) is 24.3 Å². The summed E-state index contributed by atoms with van der Waals surface area (Å²) < 4.78 is 0. The number of benzene rings is 1. The van der Waals surface area contributed by atoms with E-state index in [2.05, 4.69) is 28.9 Å². The van der Waals surface area contributed by atoms with Crippen LogP contribution in [0.25, 0.3) is 0 Å². The normalized spacial score (nSPS) is 20.8. The second-order valence-electron chi connectivity index (χ2n) is 7.26. The van der Waals surface area contributed by atoms with E-state index < -0.39 is 0 Å². The lowest BCUT2D eigenvalue weighted by Crippen LogP contribution is -2.52. The largest absolute Gasteiger partial charge is 0.395 e. The fourth-order valence-corrected chi connectivity index (χ4v) is 3.98. The third kappa shape index (κ3) is 4.60. The van der Waals surface area contributed by atoms with E-state index in [1.807, 2.05) is 17.0 Å². The second kappa shape index (κ2) is 8.79. The molecule has 5 heteroatoms. The summed E-state index contributed by atoms with van der Waals surface area (Å²) >= 11 is 0. The molecule has 25 heavy (non-hydrogen) atoms. The van der Waals surface area contributed by atoms with Crippen molar-refractivity contribution in [2.45, 2.75) is 38.8 Å². The summed E-state index contributed by atoms with van der Waals surface area (Å²) in [5.41, 5.74) is 2.04. The minimum atomic E-state index is 0.139. The predicted octanol–water partition coefficient (Wildman–Crippen LogP) is 1.81. The Morgan fingerprint density at radius 3 is 2.48 bits per heavy atom. The Morgan fingerprint density at radius 2 is 1.84 bits per heavy atom. The van der Waals surface area contributed by atoms with E-state index in [1.165, 1.54) is 31.5 Å². The van der Waals surface area contributed by atoms with Gasteiger partial charge in [-0.25, -0.2) is 0 Å². The van der Waals surface area contributed by atoms with Crippen LogP contribution in [-0.2, 0) is 6.54 Å². The number of amides is 1. The number of piperazine rings is 1. The predicted molar refractivity (Wildman–Crippen MR) is 99.6 cm³/mol. The maximum absolute atomic E-state index is 12.8. The van der Waals surface area contributed by atoms with E-state index in [1.54, 1.807) is 0 Å². The molecule has 2 aliphatic heterocycles. The molecule has 0 aromatic heterocycles. The Kier molecular flexibility index (Phi) is 6.45. The maximum atomic E-state index is 12.8. The van der Waals surface area contributed by atoms with Gasteiger partial charge in [0.15, 0.2) is 0 Å². The molecule has 1 atom stereocenters. The second-order valence-corrected chi connectivity index (χ2v) is 7.26. The van der Waals surface area contributed by atoms with Crippen molar-refractivity contribution in [1.82, 2.24) is 14.7 Å². The van der Waals surface area contributed by atoms with Crippen molar-refractivity contribution in [3.05, 3.63) is 35.4 Å². The van der Waals surface area contributed by atoms with Crippen LogP contribution in [0, 0.1) is 0 Å². The summed E-state index contributed by atoms with van der Waals surface area (Å²) in [6, 6.07) is 8.36. The third-order valence-electron chi connectivity index (χ3n) is 5.58. The zero-order chi connectivity index (χ0) is 17.6. The van der Waals surface area contributed by atoms with Crippen LogP contribution < -0.4 is 0 Å². The molecule has 1 aromatic carbocycles. The van der Waals surface area contributed by atoms with Crippen LogP contribution >= 0.6 is 0 Å². The molecule has 1 unspecified atom stereocenters. The van der Waals surface area contributed by atoms with Crippen molar-refractivity contribution in [1.29, 1.82) is 0 Å². The van der Waals surface area contributed by atoms with Gasteiger partial charge in [0.25, 0.3) is 5.91 Å². The first kappa shape index (κ1) is 18.4. The van der Waals surface area contributed by atoms with Crippen LogP contribution in [0.3, 0.4) is 0 Å². The molecule has 0 radical (unpaired) electrons. The highest BCUT2D eigenvalue weighted by Crippen LogP contribution is 2.16.